The van der Waals surface area contributed by atoms with E-state index in [1.807, 2.05) is 18.2 Å². The Bertz CT molecular complexity index is 1140. The van der Waals surface area contributed by atoms with Gasteiger partial charge in [0.2, 0.25) is 5.95 Å². The van der Waals surface area contributed by atoms with Gasteiger partial charge in [-0.2, -0.15) is 0 Å². The summed E-state index contributed by atoms with van der Waals surface area (Å²) in [4.78, 5) is 23.4. The molecule has 0 spiro atoms. The summed E-state index contributed by atoms with van der Waals surface area (Å²) in [5.41, 5.74) is 10.7. The predicted octanol–water partition coefficient (Wildman–Crippen LogP) is 3.31. The number of ether oxygens (including phenoxy) is 1. The number of nitrogens with one attached hydrogen (secondary N) is 1. The van der Waals surface area contributed by atoms with Crippen LogP contribution in [0, 0.1) is 0 Å². The number of aromatic nitrogens is 2. The van der Waals surface area contributed by atoms with Crippen LogP contribution in [0.3, 0.4) is 0 Å². The first kappa shape index (κ1) is 22.3. The second-order valence-electron chi connectivity index (χ2n) is 9.14. The van der Waals surface area contributed by atoms with Gasteiger partial charge in [-0.05, 0) is 54.6 Å². The Morgan fingerprint density at radius 3 is 2.53 bits per heavy atom. The second-order valence-corrected chi connectivity index (χ2v) is 9.14. The van der Waals surface area contributed by atoms with Gasteiger partial charge in [-0.25, -0.2) is 9.97 Å². The molecule has 1 unspecified atom stereocenters. The van der Waals surface area contributed by atoms with Crippen molar-refractivity contribution in [2.24, 2.45) is 5.73 Å². The third-order valence-electron chi connectivity index (χ3n) is 7.02. The second kappa shape index (κ2) is 9.40. The first-order chi connectivity index (χ1) is 16.5. The Morgan fingerprint density at radius 2 is 1.82 bits per heavy atom. The molecule has 3 heterocycles. The van der Waals surface area contributed by atoms with Crippen LogP contribution in [0.1, 0.15) is 12.8 Å². The van der Waals surface area contributed by atoms with Crippen molar-refractivity contribution < 1.29 is 9.53 Å². The zero-order chi connectivity index (χ0) is 23.5. The molecule has 8 heteroatoms. The summed E-state index contributed by atoms with van der Waals surface area (Å²) < 4.78 is 6.00. The first-order valence-electron chi connectivity index (χ1n) is 11.8. The fourth-order valence-electron chi connectivity index (χ4n) is 5.04. The topological polar surface area (TPSA) is 93.4 Å². The average molecular weight is 460 g/mol. The molecule has 1 aromatic heterocycles. The zero-order valence-corrected chi connectivity index (χ0v) is 19.5. The molecule has 1 amide bonds. The maximum atomic E-state index is 11.9. The molecule has 8 nitrogen and oxygen atoms in total. The molecule has 34 heavy (non-hydrogen) atoms. The lowest BCUT2D eigenvalue weighted by Crippen LogP contribution is -2.55. The quantitative estimate of drug-likeness (QED) is 0.550. The molecule has 3 N–H and O–H groups in total. The molecular formula is C26H31N6O2+. The number of rotatable bonds is 6. The Hall–Kier alpha value is -3.49. The lowest BCUT2D eigenvalue weighted by Gasteiger charge is -2.34. The molecule has 2 aliphatic rings. The van der Waals surface area contributed by atoms with Crippen molar-refractivity contribution in [3.63, 3.8) is 0 Å². The van der Waals surface area contributed by atoms with Gasteiger partial charge in [0.15, 0.2) is 6.04 Å². The number of quaternary nitrogens is 1. The average Bonchev–Trinajstić information content (AvgIpc) is 3.28. The van der Waals surface area contributed by atoms with Crippen LogP contribution in [0.4, 0.5) is 23.0 Å². The molecule has 2 aliphatic heterocycles. The van der Waals surface area contributed by atoms with Gasteiger partial charge in [-0.1, -0.05) is 0 Å². The van der Waals surface area contributed by atoms with E-state index in [9.17, 15) is 4.79 Å². The molecule has 5 rings (SSSR count). The number of nitrogens with two attached hydrogens (primary N) is 1. The highest BCUT2D eigenvalue weighted by Gasteiger charge is 2.43. The van der Waals surface area contributed by atoms with Crippen LogP contribution in [0.5, 0.6) is 0 Å². The van der Waals surface area contributed by atoms with Crippen LogP contribution >= 0.6 is 0 Å². The standard InChI is InChI=1S/C26H30N6O2/c1-32(16-2-3-24(32)25(27)33)22-10-4-19(5-11-22)23-12-13-28-26(30-23)29-20-6-8-21(9-7-20)31-14-17-34-18-15-31/h4-13,24H,2-3,14-18H2,1H3,(H2-,27,28,29,30,33)/p+1/t24-,32?/m1/s1. The summed E-state index contributed by atoms with van der Waals surface area (Å²) in [7, 11) is 2.09. The molecular weight excluding hydrogens is 428 g/mol. The normalized spacial score (nSPS) is 22.5. The molecule has 0 radical (unpaired) electrons. The zero-order valence-electron chi connectivity index (χ0n) is 19.5. The number of benzene rings is 2. The van der Waals surface area contributed by atoms with E-state index in [4.69, 9.17) is 15.5 Å². The number of primary amides is 1. The van der Waals surface area contributed by atoms with E-state index in [0.717, 1.165) is 68.3 Å². The number of hydrogen-bond acceptors (Lipinski definition) is 6. The molecule has 2 atom stereocenters. The summed E-state index contributed by atoms with van der Waals surface area (Å²) in [6, 6.07) is 18.3. The largest absolute Gasteiger partial charge is 0.378 e. The van der Waals surface area contributed by atoms with Gasteiger partial charge < -0.3 is 20.7 Å². The highest BCUT2D eigenvalue weighted by Crippen LogP contribution is 2.34. The smallest absolute Gasteiger partial charge is 0.276 e. The van der Waals surface area contributed by atoms with E-state index in [1.165, 1.54) is 5.69 Å². The third kappa shape index (κ3) is 4.47. The fourth-order valence-corrected chi connectivity index (χ4v) is 5.04. The number of likely N-dealkylation sites (tertiary alicyclic amines) is 1. The first-order valence-corrected chi connectivity index (χ1v) is 11.8. The van der Waals surface area contributed by atoms with Crippen molar-refractivity contribution in [2.75, 3.05) is 50.1 Å². The van der Waals surface area contributed by atoms with Crippen LogP contribution in [0.25, 0.3) is 11.3 Å². The Morgan fingerprint density at radius 1 is 1.09 bits per heavy atom. The van der Waals surface area contributed by atoms with E-state index in [-0.39, 0.29) is 11.9 Å². The van der Waals surface area contributed by atoms with Gasteiger partial charge in [-0.15, -0.1) is 0 Å². The summed E-state index contributed by atoms with van der Waals surface area (Å²) in [6.07, 6.45) is 3.60. The van der Waals surface area contributed by atoms with Gasteiger partial charge >= 0.3 is 0 Å². The SMILES string of the molecule is C[N+]1(c2ccc(-c3ccnc(Nc4ccc(N5CCOCC5)cc4)n3)cc2)CCC[C@@H]1C(N)=O. The predicted molar refractivity (Wildman–Crippen MR) is 135 cm³/mol. The maximum absolute atomic E-state index is 11.9. The molecule has 176 valence electrons. The van der Waals surface area contributed by atoms with Crippen molar-refractivity contribution in [1.29, 1.82) is 0 Å². The number of nitrogens with zero attached hydrogens (tertiary/aromatic N) is 4. The van der Waals surface area contributed by atoms with Gasteiger partial charge in [0.05, 0.1) is 32.5 Å². The number of amides is 1. The maximum Gasteiger partial charge on any atom is 0.276 e. The Balaban J connectivity index is 1.30. The fraction of sp³-hybridized carbons (Fsp3) is 0.346. The molecule has 0 aliphatic carbocycles. The molecule has 2 saturated heterocycles. The van der Waals surface area contributed by atoms with E-state index in [1.54, 1.807) is 6.20 Å². The van der Waals surface area contributed by atoms with E-state index in [2.05, 4.69) is 58.6 Å². The minimum Gasteiger partial charge on any atom is -0.378 e. The van der Waals surface area contributed by atoms with Crippen LogP contribution in [-0.2, 0) is 9.53 Å². The summed E-state index contributed by atoms with van der Waals surface area (Å²) in [5, 5.41) is 3.30. The van der Waals surface area contributed by atoms with Gasteiger partial charge in [0.1, 0.15) is 5.69 Å². The number of carbonyl (C=O) groups excluding carboxylic acids is 1. The van der Waals surface area contributed by atoms with Gasteiger partial charge in [0.25, 0.3) is 5.91 Å². The minimum absolute atomic E-state index is 0.171. The number of anilines is 3. The van der Waals surface area contributed by atoms with Crippen molar-refractivity contribution in [2.45, 2.75) is 18.9 Å². The van der Waals surface area contributed by atoms with Crippen molar-refractivity contribution in [3.05, 3.63) is 60.8 Å². The van der Waals surface area contributed by atoms with E-state index >= 15 is 0 Å². The Labute approximate surface area is 200 Å². The number of morpholine rings is 1. The van der Waals surface area contributed by atoms with Crippen molar-refractivity contribution in [1.82, 2.24) is 14.5 Å². The molecule has 0 bridgehead atoms. The van der Waals surface area contributed by atoms with Gasteiger partial charge in [-0.3, -0.25) is 9.28 Å². The van der Waals surface area contributed by atoms with Crippen molar-refractivity contribution in [3.8, 4) is 11.3 Å². The molecule has 2 fully saturated rings. The summed E-state index contributed by atoms with van der Waals surface area (Å²) in [6.45, 7) is 4.28. The highest BCUT2D eigenvalue weighted by molar-refractivity contribution is 5.83. The van der Waals surface area contributed by atoms with Crippen LogP contribution < -0.4 is 20.4 Å². The van der Waals surface area contributed by atoms with Crippen molar-refractivity contribution >= 4 is 28.9 Å². The van der Waals surface area contributed by atoms with Crippen LogP contribution in [0.2, 0.25) is 0 Å². The summed E-state index contributed by atoms with van der Waals surface area (Å²) in [5.74, 6) is 0.321. The molecule has 3 aromatic rings. The van der Waals surface area contributed by atoms with E-state index < -0.39 is 0 Å². The van der Waals surface area contributed by atoms with Crippen LogP contribution in [-0.4, -0.2) is 61.8 Å². The van der Waals surface area contributed by atoms with E-state index in [0.29, 0.717) is 10.4 Å². The molecule has 2 aromatic carbocycles. The third-order valence-corrected chi connectivity index (χ3v) is 7.02. The molecule has 0 saturated carbocycles. The highest BCUT2D eigenvalue weighted by atomic mass is 16.5. The Kier molecular flexibility index (Phi) is 6.17. The number of carbonyl (C=O) groups is 1. The van der Waals surface area contributed by atoms with Gasteiger partial charge in [0, 0.05) is 49.1 Å². The monoisotopic (exact) mass is 459 g/mol. The summed E-state index contributed by atoms with van der Waals surface area (Å²) >= 11 is 0. The lowest BCUT2D eigenvalue weighted by atomic mass is 10.1. The number of likely N-dealkylation sites (N-methyl/N-ethyl adjacent to an activating group) is 1. The van der Waals surface area contributed by atoms with Crippen LogP contribution in [0.15, 0.2) is 60.8 Å². The lowest BCUT2D eigenvalue weighted by molar-refractivity contribution is -0.121. The number of hydrogen-bond donors (Lipinski definition) is 2. The minimum atomic E-state index is -0.228.